The Morgan fingerprint density at radius 1 is 1.04 bits per heavy atom. The summed E-state index contributed by atoms with van der Waals surface area (Å²) in [7, 11) is 1.73. The standard InChI is InChI=1S/C20H25ClN4O.HI/c1-3-6-19(26)25-17-11-9-15(10-12-17)13-23-20(22-2)24-14-16-7-4-5-8-18(16)21;/h4-5,7-12H,3,6,13-14H2,1-2H3,(H,25,26)(H2,22,23,24);1H. The van der Waals surface area contributed by atoms with E-state index >= 15 is 0 Å². The van der Waals surface area contributed by atoms with Crippen LogP contribution < -0.4 is 16.0 Å². The molecule has 5 nitrogen and oxygen atoms in total. The highest BCUT2D eigenvalue weighted by molar-refractivity contribution is 14.0. The Kier molecular flexibility index (Phi) is 10.8. The number of benzene rings is 2. The van der Waals surface area contributed by atoms with Crippen molar-refractivity contribution in [1.29, 1.82) is 0 Å². The minimum Gasteiger partial charge on any atom is -0.352 e. The van der Waals surface area contributed by atoms with Gasteiger partial charge in [0.2, 0.25) is 5.91 Å². The number of nitrogens with one attached hydrogen (secondary N) is 3. The summed E-state index contributed by atoms with van der Waals surface area (Å²) in [4.78, 5) is 15.8. The molecule has 7 heteroatoms. The highest BCUT2D eigenvalue weighted by Crippen LogP contribution is 2.14. The molecule has 0 aliphatic heterocycles. The normalized spacial score (nSPS) is 10.7. The second-order valence-corrected chi connectivity index (χ2v) is 6.27. The maximum absolute atomic E-state index is 11.6. The zero-order valence-electron chi connectivity index (χ0n) is 15.6. The SMILES string of the molecule is CCCC(=O)Nc1ccc(CNC(=NC)NCc2ccccc2Cl)cc1.I. The third-order valence-corrected chi connectivity index (χ3v) is 4.17. The average molecular weight is 501 g/mol. The lowest BCUT2D eigenvalue weighted by atomic mass is 10.2. The number of amides is 1. The third-order valence-electron chi connectivity index (χ3n) is 3.80. The summed E-state index contributed by atoms with van der Waals surface area (Å²) in [5.41, 5.74) is 2.93. The van der Waals surface area contributed by atoms with Crippen LogP contribution in [-0.4, -0.2) is 18.9 Å². The Hall–Kier alpha value is -1.80. The van der Waals surface area contributed by atoms with Crippen LogP contribution in [0.2, 0.25) is 5.02 Å². The van der Waals surface area contributed by atoms with Crippen molar-refractivity contribution in [2.24, 2.45) is 4.99 Å². The van der Waals surface area contributed by atoms with E-state index in [0.29, 0.717) is 25.5 Å². The molecule has 0 bridgehead atoms. The number of hydrogen-bond acceptors (Lipinski definition) is 2. The van der Waals surface area contributed by atoms with Crippen LogP contribution >= 0.6 is 35.6 Å². The number of anilines is 1. The van der Waals surface area contributed by atoms with Crippen molar-refractivity contribution < 1.29 is 4.79 Å². The maximum Gasteiger partial charge on any atom is 0.224 e. The van der Waals surface area contributed by atoms with Crippen LogP contribution in [0, 0.1) is 0 Å². The van der Waals surface area contributed by atoms with Crippen molar-refractivity contribution in [3.8, 4) is 0 Å². The molecular weight excluding hydrogens is 475 g/mol. The molecule has 0 radical (unpaired) electrons. The quantitative estimate of drug-likeness (QED) is 0.297. The lowest BCUT2D eigenvalue weighted by Gasteiger charge is -2.13. The third kappa shape index (κ3) is 8.17. The zero-order valence-corrected chi connectivity index (χ0v) is 18.7. The van der Waals surface area contributed by atoms with Gasteiger partial charge in [0, 0.05) is 37.3 Å². The fraction of sp³-hybridized carbons (Fsp3) is 0.300. The molecule has 0 saturated heterocycles. The molecule has 0 aliphatic carbocycles. The fourth-order valence-corrected chi connectivity index (χ4v) is 2.59. The monoisotopic (exact) mass is 500 g/mol. The number of halogens is 2. The van der Waals surface area contributed by atoms with Crippen molar-refractivity contribution in [1.82, 2.24) is 10.6 Å². The molecule has 3 N–H and O–H groups in total. The van der Waals surface area contributed by atoms with Crippen LogP contribution in [0.4, 0.5) is 5.69 Å². The number of hydrogen-bond donors (Lipinski definition) is 3. The highest BCUT2D eigenvalue weighted by Gasteiger charge is 2.03. The Balaban J connectivity index is 0.00000364. The highest BCUT2D eigenvalue weighted by atomic mass is 127. The van der Waals surface area contributed by atoms with E-state index in [4.69, 9.17) is 11.6 Å². The van der Waals surface area contributed by atoms with Crippen LogP contribution in [0.25, 0.3) is 0 Å². The van der Waals surface area contributed by atoms with Gasteiger partial charge in [0.15, 0.2) is 5.96 Å². The Morgan fingerprint density at radius 3 is 2.33 bits per heavy atom. The summed E-state index contributed by atoms with van der Waals surface area (Å²) in [5, 5.41) is 10.1. The topological polar surface area (TPSA) is 65.5 Å². The van der Waals surface area contributed by atoms with Crippen molar-refractivity contribution in [3.05, 3.63) is 64.7 Å². The predicted molar refractivity (Wildman–Crippen MR) is 124 cm³/mol. The van der Waals surface area contributed by atoms with Gasteiger partial charge in [-0.15, -0.1) is 24.0 Å². The Morgan fingerprint density at radius 2 is 1.70 bits per heavy atom. The summed E-state index contributed by atoms with van der Waals surface area (Å²) in [6.45, 7) is 3.22. The van der Waals surface area contributed by atoms with Crippen molar-refractivity contribution in [2.45, 2.75) is 32.9 Å². The summed E-state index contributed by atoms with van der Waals surface area (Å²) >= 11 is 6.16. The van der Waals surface area contributed by atoms with Crippen molar-refractivity contribution in [2.75, 3.05) is 12.4 Å². The maximum atomic E-state index is 11.6. The Bertz CT molecular complexity index is 750. The smallest absolute Gasteiger partial charge is 0.224 e. The summed E-state index contributed by atoms with van der Waals surface area (Å²) in [6, 6.07) is 15.5. The summed E-state index contributed by atoms with van der Waals surface area (Å²) in [6.07, 6.45) is 1.38. The molecule has 0 heterocycles. The second kappa shape index (κ2) is 12.6. The number of carbonyl (C=O) groups excluding carboxylic acids is 1. The molecule has 0 fully saturated rings. The van der Waals surface area contributed by atoms with Gasteiger partial charge in [-0.05, 0) is 35.7 Å². The molecule has 0 spiro atoms. The van der Waals surface area contributed by atoms with Crippen LogP contribution in [0.3, 0.4) is 0 Å². The molecule has 0 saturated carbocycles. The van der Waals surface area contributed by atoms with Crippen molar-refractivity contribution >= 4 is 53.1 Å². The van der Waals surface area contributed by atoms with E-state index in [9.17, 15) is 4.79 Å². The number of carbonyl (C=O) groups is 1. The number of rotatable bonds is 7. The number of nitrogens with zero attached hydrogens (tertiary/aromatic N) is 1. The Labute approximate surface area is 183 Å². The van der Waals surface area contributed by atoms with Gasteiger partial charge in [-0.2, -0.15) is 0 Å². The molecule has 146 valence electrons. The van der Waals surface area contributed by atoms with Crippen LogP contribution in [0.5, 0.6) is 0 Å². The van der Waals surface area contributed by atoms with Gasteiger partial charge in [-0.1, -0.05) is 48.9 Å². The van der Waals surface area contributed by atoms with E-state index in [0.717, 1.165) is 28.3 Å². The molecule has 2 aromatic rings. The molecule has 0 unspecified atom stereocenters. The lowest BCUT2D eigenvalue weighted by Crippen LogP contribution is -2.36. The van der Waals surface area contributed by atoms with Gasteiger partial charge in [0.05, 0.1) is 0 Å². The van der Waals surface area contributed by atoms with Gasteiger partial charge in [0.25, 0.3) is 0 Å². The molecule has 0 atom stereocenters. The van der Waals surface area contributed by atoms with Crippen LogP contribution in [0.15, 0.2) is 53.5 Å². The first-order valence-corrected chi connectivity index (χ1v) is 9.07. The minimum absolute atomic E-state index is 0. The summed E-state index contributed by atoms with van der Waals surface area (Å²) < 4.78 is 0. The van der Waals surface area contributed by atoms with Crippen LogP contribution in [0.1, 0.15) is 30.9 Å². The molecule has 1 amide bonds. The van der Waals surface area contributed by atoms with E-state index in [1.54, 1.807) is 7.05 Å². The zero-order chi connectivity index (χ0) is 18.8. The second-order valence-electron chi connectivity index (χ2n) is 5.87. The molecule has 2 aromatic carbocycles. The molecule has 2 rings (SSSR count). The van der Waals surface area contributed by atoms with E-state index < -0.39 is 0 Å². The largest absolute Gasteiger partial charge is 0.352 e. The van der Waals surface area contributed by atoms with E-state index in [1.807, 2.05) is 55.5 Å². The van der Waals surface area contributed by atoms with Gasteiger partial charge < -0.3 is 16.0 Å². The lowest BCUT2D eigenvalue weighted by molar-refractivity contribution is -0.116. The first-order valence-electron chi connectivity index (χ1n) is 8.69. The first kappa shape index (κ1) is 23.2. The first-order chi connectivity index (χ1) is 12.6. The molecule has 0 aliphatic rings. The molecule has 0 aromatic heterocycles. The number of aliphatic imine (C=N–C) groups is 1. The van der Waals surface area contributed by atoms with E-state index in [1.165, 1.54) is 0 Å². The van der Waals surface area contributed by atoms with Gasteiger partial charge in [-0.25, -0.2) is 0 Å². The van der Waals surface area contributed by atoms with Crippen LogP contribution in [-0.2, 0) is 17.9 Å². The number of guanidine groups is 1. The fourth-order valence-electron chi connectivity index (χ4n) is 2.38. The molecule has 27 heavy (non-hydrogen) atoms. The van der Waals surface area contributed by atoms with E-state index in [2.05, 4.69) is 20.9 Å². The van der Waals surface area contributed by atoms with Gasteiger partial charge in [-0.3, -0.25) is 9.79 Å². The average Bonchev–Trinajstić information content (AvgIpc) is 2.64. The minimum atomic E-state index is 0. The van der Waals surface area contributed by atoms with E-state index in [-0.39, 0.29) is 29.9 Å². The van der Waals surface area contributed by atoms with Gasteiger partial charge in [0.1, 0.15) is 0 Å². The predicted octanol–water partition coefficient (Wildman–Crippen LogP) is 4.56. The van der Waals surface area contributed by atoms with Gasteiger partial charge >= 0.3 is 0 Å². The van der Waals surface area contributed by atoms with Crippen molar-refractivity contribution in [3.63, 3.8) is 0 Å². The molecular formula is C20H26ClIN4O. The summed E-state index contributed by atoms with van der Waals surface area (Å²) in [5.74, 6) is 0.743.